The SMILES string of the molecule is COc1ccc2c(ccn2CCNC(=O)Cn2cc(C(C)=O)c3ccccc32)c1. The van der Waals surface area contributed by atoms with Gasteiger partial charge in [-0.3, -0.25) is 9.59 Å². The first kappa shape index (κ1) is 18.8. The lowest BCUT2D eigenvalue weighted by Gasteiger charge is -2.09. The summed E-state index contributed by atoms with van der Waals surface area (Å²) < 4.78 is 9.20. The fourth-order valence-corrected chi connectivity index (χ4v) is 3.68. The second-order valence-electron chi connectivity index (χ2n) is 7.03. The number of fused-ring (bicyclic) bond motifs is 2. The van der Waals surface area contributed by atoms with E-state index in [-0.39, 0.29) is 18.2 Å². The number of rotatable bonds is 7. The van der Waals surface area contributed by atoms with Crippen molar-refractivity contribution >= 4 is 33.5 Å². The number of nitrogens with zero attached hydrogens (tertiary/aromatic N) is 2. The van der Waals surface area contributed by atoms with E-state index in [9.17, 15) is 9.59 Å². The molecule has 0 radical (unpaired) electrons. The van der Waals surface area contributed by atoms with Crippen LogP contribution in [0.25, 0.3) is 21.8 Å². The first-order valence-electron chi connectivity index (χ1n) is 9.55. The van der Waals surface area contributed by atoms with Crippen LogP contribution in [0.15, 0.2) is 60.9 Å². The molecule has 2 heterocycles. The molecule has 2 aromatic carbocycles. The minimum absolute atomic E-state index is 0.00326. The maximum atomic E-state index is 12.5. The minimum atomic E-state index is -0.0843. The van der Waals surface area contributed by atoms with Crippen LogP contribution in [0.3, 0.4) is 0 Å². The van der Waals surface area contributed by atoms with Crippen LogP contribution >= 0.6 is 0 Å². The molecule has 148 valence electrons. The number of ketones is 1. The van der Waals surface area contributed by atoms with Crippen molar-refractivity contribution in [2.45, 2.75) is 20.0 Å². The van der Waals surface area contributed by atoms with Crippen molar-refractivity contribution in [3.05, 3.63) is 66.5 Å². The number of ether oxygens (including phenoxy) is 1. The molecule has 1 N–H and O–H groups in total. The van der Waals surface area contributed by atoms with Crippen molar-refractivity contribution in [2.75, 3.05) is 13.7 Å². The Balaban J connectivity index is 1.41. The zero-order valence-electron chi connectivity index (χ0n) is 16.5. The number of nitrogens with one attached hydrogen (secondary N) is 1. The van der Waals surface area contributed by atoms with Crippen LogP contribution in [-0.2, 0) is 17.9 Å². The monoisotopic (exact) mass is 389 g/mol. The van der Waals surface area contributed by atoms with Gasteiger partial charge in [0.1, 0.15) is 12.3 Å². The van der Waals surface area contributed by atoms with Crippen LogP contribution in [0.2, 0.25) is 0 Å². The van der Waals surface area contributed by atoms with Crippen molar-refractivity contribution in [3.63, 3.8) is 0 Å². The smallest absolute Gasteiger partial charge is 0.240 e. The van der Waals surface area contributed by atoms with Gasteiger partial charge in [-0.25, -0.2) is 0 Å². The average Bonchev–Trinajstić information content (AvgIpc) is 3.29. The van der Waals surface area contributed by atoms with E-state index in [2.05, 4.69) is 9.88 Å². The molecule has 0 spiro atoms. The summed E-state index contributed by atoms with van der Waals surface area (Å²) in [6.07, 6.45) is 3.77. The molecule has 6 nitrogen and oxygen atoms in total. The number of aromatic nitrogens is 2. The Morgan fingerprint density at radius 3 is 2.66 bits per heavy atom. The second-order valence-corrected chi connectivity index (χ2v) is 7.03. The molecule has 0 aliphatic rings. The van der Waals surface area contributed by atoms with E-state index in [0.717, 1.165) is 27.6 Å². The summed E-state index contributed by atoms with van der Waals surface area (Å²) in [6.45, 7) is 2.92. The number of hydrogen-bond donors (Lipinski definition) is 1. The van der Waals surface area contributed by atoms with Crippen LogP contribution in [0, 0.1) is 0 Å². The van der Waals surface area contributed by atoms with Gasteiger partial charge in [0, 0.05) is 52.9 Å². The fourth-order valence-electron chi connectivity index (χ4n) is 3.68. The van der Waals surface area contributed by atoms with Crippen molar-refractivity contribution in [1.82, 2.24) is 14.5 Å². The third-order valence-electron chi connectivity index (χ3n) is 5.13. The molecule has 0 unspecified atom stereocenters. The third kappa shape index (κ3) is 3.74. The van der Waals surface area contributed by atoms with Gasteiger partial charge in [-0.15, -0.1) is 0 Å². The Kier molecular flexibility index (Phi) is 5.08. The van der Waals surface area contributed by atoms with Crippen molar-refractivity contribution in [3.8, 4) is 5.75 Å². The highest BCUT2D eigenvalue weighted by atomic mass is 16.5. The van der Waals surface area contributed by atoms with Crippen LogP contribution in [0.1, 0.15) is 17.3 Å². The van der Waals surface area contributed by atoms with Crippen LogP contribution in [-0.4, -0.2) is 34.5 Å². The molecule has 0 saturated carbocycles. The summed E-state index contributed by atoms with van der Waals surface area (Å²) in [5, 5.41) is 4.95. The Morgan fingerprint density at radius 1 is 1.03 bits per heavy atom. The average molecular weight is 389 g/mol. The van der Waals surface area contributed by atoms with E-state index >= 15 is 0 Å². The predicted molar refractivity (Wildman–Crippen MR) is 113 cm³/mol. The van der Waals surface area contributed by atoms with E-state index < -0.39 is 0 Å². The summed E-state index contributed by atoms with van der Waals surface area (Å²) >= 11 is 0. The first-order chi connectivity index (χ1) is 14.1. The molecule has 4 aromatic rings. The number of benzene rings is 2. The highest BCUT2D eigenvalue weighted by Gasteiger charge is 2.13. The van der Waals surface area contributed by atoms with Gasteiger partial charge in [0.25, 0.3) is 0 Å². The van der Waals surface area contributed by atoms with Crippen molar-refractivity contribution < 1.29 is 14.3 Å². The van der Waals surface area contributed by atoms with Gasteiger partial charge in [0.05, 0.1) is 7.11 Å². The molecule has 4 rings (SSSR count). The van der Waals surface area contributed by atoms with E-state index in [0.29, 0.717) is 18.7 Å². The largest absolute Gasteiger partial charge is 0.497 e. The van der Waals surface area contributed by atoms with Gasteiger partial charge < -0.3 is 19.2 Å². The molecule has 0 aliphatic heterocycles. The third-order valence-corrected chi connectivity index (χ3v) is 5.13. The molecule has 2 aromatic heterocycles. The summed E-state index contributed by atoms with van der Waals surface area (Å²) in [4.78, 5) is 24.4. The molecule has 1 amide bonds. The topological polar surface area (TPSA) is 65.3 Å². The number of carbonyl (C=O) groups is 2. The molecule has 6 heteroatoms. The maximum absolute atomic E-state index is 12.5. The van der Waals surface area contributed by atoms with Gasteiger partial charge in [-0.2, -0.15) is 0 Å². The maximum Gasteiger partial charge on any atom is 0.240 e. The standard InChI is InChI=1S/C23H23N3O3/c1-16(27)20-14-26(22-6-4-3-5-19(20)22)15-23(28)24-10-12-25-11-9-17-13-18(29-2)7-8-21(17)25/h3-9,11,13-14H,10,12,15H2,1-2H3,(H,24,28). The van der Waals surface area contributed by atoms with E-state index in [1.807, 2.05) is 59.3 Å². The summed E-state index contributed by atoms with van der Waals surface area (Å²) in [7, 11) is 1.65. The number of para-hydroxylation sites is 1. The zero-order chi connectivity index (χ0) is 20.4. The minimum Gasteiger partial charge on any atom is -0.497 e. The quantitative estimate of drug-likeness (QED) is 0.491. The highest BCUT2D eigenvalue weighted by molar-refractivity contribution is 6.07. The lowest BCUT2D eigenvalue weighted by atomic mass is 10.1. The summed E-state index contributed by atoms with van der Waals surface area (Å²) in [6, 6.07) is 15.6. The molecular weight excluding hydrogens is 366 g/mol. The number of amides is 1. The molecule has 0 atom stereocenters. The Morgan fingerprint density at radius 2 is 1.86 bits per heavy atom. The van der Waals surface area contributed by atoms with Gasteiger partial charge in [0.2, 0.25) is 5.91 Å². The number of carbonyl (C=O) groups excluding carboxylic acids is 2. The Labute approximate surface area is 168 Å². The van der Waals surface area contributed by atoms with E-state index in [4.69, 9.17) is 4.74 Å². The normalized spacial score (nSPS) is 11.1. The van der Waals surface area contributed by atoms with Gasteiger partial charge in [-0.05, 0) is 37.3 Å². The molecule has 0 saturated heterocycles. The lowest BCUT2D eigenvalue weighted by Crippen LogP contribution is -2.30. The number of hydrogen-bond acceptors (Lipinski definition) is 3. The molecular formula is C23H23N3O3. The lowest BCUT2D eigenvalue weighted by molar-refractivity contribution is -0.121. The van der Waals surface area contributed by atoms with Gasteiger partial charge >= 0.3 is 0 Å². The zero-order valence-corrected chi connectivity index (χ0v) is 16.5. The molecule has 0 bridgehead atoms. The van der Waals surface area contributed by atoms with Crippen molar-refractivity contribution in [1.29, 1.82) is 0 Å². The fraction of sp³-hybridized carbons (Fsp3) is 0.217. The molecule has 0 fully saturated rings. The molecule has 29 heavy (non-hydrogen) atoms. The van der Waals surface area contributed by atoms with Crippen molar-refractivity contribution in [2.24, 2.45) is 0 Å². The number of Topliss-reactive ketones (excluding diaryl/α,β-unsaturated/α-hetero) is 1. The summed E-state index contributed by atoms with van der Waals surface area (Å²) in [5.74, 6) is 0.739. The second kappa shape index (κ2) is 7.83. The molecule has 0 aliphatic carbocycles. The number of methoxy groups -OCH3 is 1. The van der Waals surface area contributed by atoms with Gasteiger partial charge in [-0.1, -0.05) is 18.2 Å². The summed E-state index contributed by atoms with van der Waals surface area (Å²) in [5.41, 5.74) is 2.63. The van der Waals surface area contributed by atoms with Gasteiger partial charge in [0.15, 0.2) is 5.78 Å². The first-order valence-corrected chi connectivity index (χ1v) is 9.55. The Hall–Kier alpha value is -3.54. The van der Waals surface area contributed by atoms with Crippen LogP contribution in [0.5, 0.6) is 5.75 Å². The van der Waals surface area contributed by atoms with Crippen LogP contribution in [0.4, 0.5) is 0 Å². The highest BCUT2D eigenvalue weighted by Crippen LogP contribution is 2.22. The predicted octanol–water partition coefficient (Wildman–Crippen LogP) is 3.62. The Bertz CT molecular complexity index is 1200. The van der Waals surface area contributed by atoms with E-state index in [1.165, 1.54) is 0 Å². The van der Waals surface area contributed by atoms with E-state index in [1.54, 1.807) is 20.2 Å². The van der Waals surface area contributed by atoms with Crippen LogP contribution < -0.4 is 10.1 Å².